The summed E-state index contributed by atoms with van der Waals surface area (Å²) in [5.41, 5.74) is 2.92. The van der Waals surface area contributed by atoms with E-state index in [0.717, 1.165) is 11.8 Å². The zero-order chi connectivity index (χ0) is 11.5. The van der Waals surface area contributed by atoms with Gasteiger partial charge in [0.15, 0.2) is 0 Å². The van der Waals surface area contributed by atoms with Gasteiger partial charge in [0.25, 0.3) is 0 Å². The normalized spacial score (nSPS) is 25.2. The van der Waals surface area contributed by atoms with Gasteiger partial charge < -0.3 is 5.32 Å². The van der Waals surface area contributed by atoms with Crippen molar-refractivity contribution in [2.75, 3.05) is 6.54 Å². The van der Waals surface area contributed by atoms with E-state index in [2.05, 4.69) is 50.4 Å². The standard InChI is InChI=1S/C15H23N/c1-11(2)8-13-4-6-14(7-5-13)15-9-12(3)10-16-15/h4-7,11-12,15-16H,8-10H2,1-3H3. The van der Waals surface area contributed by atoms with Crippen molar-refractivity contribution in [1.82, 2.24) is 5.32 Å². The summed E-state index contributed by atoms with van der Waals surface area (Å²) in [6.45, 7) is 8.03. The second kappa shape index (κ2) is 5.01. The molecule has 0 saturated carbocycles. The quantitative estimate of drug-likeness (QED) is 0.816. The lowest BCUT2D eigenvalue weighted by atomic mass is 9.97. The van der Waals surface area contributed by atoms with Crippen molar-refractivity contribution in [2.24, 2.45) is 11.8 Å². The van der Waals surface area contributed by atoms with Crippen LogP contribution in [0, 0.1) is 11.8 Å². The predicted molar refractivity (Wildman–Crippen MR) is 69.5 cm³/mol. The van der Waals surface area contributed by atoms with Crippen LogP contribution in [0.5, 0.6) is 0 Å². The summed E-state index contributed by atoms with van der Waals surface area (Å²) >= 11 is 0. The van der Waals surface area contributed by atoms with Crippen LogP contribution < -0.4 is 5.32 Å². The minimum atomic E-state index is 0.586. The number of nitrogens with one attached hydrogen (secondary N) is 1. The zero-order valence-electron chi connectivity index (χ0n) is 10.7. The van der Waals surface area contributed by atoms with Crippen molar-refractivity contribution in [2.45, 2.75) is 39.7 Å². The van der Waals surface area contributed by atoms with Gasteiger partial charge in [-0.3, -0.25) is 0 Å². The molecule has 1 heteroatoms. The van der Waals surface area contributed by atoms with Crippen molar-refractivity contribution in [1.29, 1.82) is 0 Å². The molecule has 2 unspecified atom stereocenters. The van der Waals surface area contributed by atoms with Crippen LogP contribution in [0.1, 0.15) is 44.4 Å². The maximum Gasteiger partial charge on any atom is 0.0323 e. The van der Waals surface area contributed by atoms with Gasteiger partial charge in [-0.2, -0.15) is 0 Å². The first-order chi connectivity index (χ1) is 7.65. The highest BCUT2D eigenvalue weighted by Crippen LogP contribution is 2.27. The minimum Gasteiger partial charge on any atom is -0.310 e. The largest absolute Gasteiger partial charge is 0.310 e. The number of hydrogen-bond donors (Lipinski definition) is 1. The maximum atomic E-state index is 3.58. The van der Waals surface area contributed by atoms with E-state index in [9.17, 15) is 0 Å². The molecule has 0 radical (unpaired) electrons. The fraction of sp³-hybridized carbons (Fsp3) is 0.600. The monoisotopic (exact) mass is 217 g/mol. The SMILES string of the molecule is CC(C)Cc1ccc(C2CC(C)CN2)cc1. The third kappa shape index (κ3) is 2.85. The Morgan fingerprint density at radius 1 is 1.25 bits per heavy atom. The van der Waals surface area contributed by atoms with Crippen LogP contribution in [-0.2, 0) is 6.42 Å². The summed E-state index contributed by atoms with van der Waals surface area (Å²) < 4.78 is 0. The molecule has 1 aromatic carbocycles. The van der Waals surface area contributed by atoms with Gasteiger partial charge in [0.1, 0.15) is 0 Å². The molecular formula is C15H23N. The van der Waals surface area contributed by atoms with Crippen molar-refractivity contribution in [3.8, 4) is 0 Å². The number of hydrogen-bond acceptors (Lipinski definition) is 1. The summed E-state index contributed by atoms with van der Waals surface area (Å²) in [7, 11) is 0. The molecule has 1 aliphatic heterocycles. The second-order valence-electron chi connectivity index (χ2n) is 5.64. The smallest absolute Gasteiger partial charge is 0.0323 e. The Labute approximate surface area is 99.3 Å². The van der Waals surface area contributed by atoms with E-state index in [1.54, 1.807) is 0 Å². The van der Waals surface area contributed by atoms with Crippen LogP contribution in [-0.4, -0.2) is 6.54 Å². The van der Waals surface area contributed by atoms with E-state index in [1.807, 2.05) is 0 Å². The van der Waals surface area contributed by atoms with E-state index >= 15 is 0 Å². The molecule has 2 rings (SSSR count). The first-order valence-electron chi connectivity index (χ1n) is 6.47. The average molecular weight is 217 g/mol. The zero-order valence-corrected chi connectivity index (χ0v) is 10.7. The van der Waals surface area contributed by atoms with Crippen molar-refractivity contribution < 1.29 is 0 Å². The second-order valence-corrected chi connectivity index (χ2v) is 5.64. The van der Waals surface area contributed by atoms with Crippen LogP contribution in [0.15, 0.2) is 24.3 Å². The molecule has 0 aliphatic carbocycles. The average Bonchev–Trinajstić information content (AvgIpc) is 2.65. The van der Waals surface area contributed by atoms with Gasteiger partial charge in [-0.05, 0) is 42.3 Å². The Morgan fingerprint density at radius 3 is 2.44 bits per heavy atom. The van der Waals surface area contributed by atoms with Crippen LogP contribution >= 0.6 is 0 Å². The lowest BCUT2D eigenvalue weighted by Crippen LogP contribution is -2.13. The fourth-order valence-corrected chi connectivity index (χ4v) is 2.52. The lowest BCUT2D eigenvalue weighted by molar-refractivity contribution is 0.610. The van der Waals surface area contributed by atoms with E-state index in [1.165, 1.54) is 30.5 Å². The van der Waals surface area contributed by atoms with Crippen molar-refractivity contribution in [3.63, 3.8) is 0 Å². The molecule has 1 heterocycles. The third-order valence-corrected chi connectivity index (χ3v) is 3.38. The first-order valence-corrected chi connectivity index (χ1v) is 6.47. The van der Waals surface area contributed by atoms with Crippen LogP contribution in [0.25, 0.3) is 0 Å². The summed E-state index contributed by atoms with van der Waals surface area (Å²) in [6.07, 6.45) is 2.47. The summed E-state index contributed by atoms with van der Waals surface area (Å²) in [6, 6.07) is 9.77. The van der Waals surface area contributed by atoms with E-state index in [4.69, 9.17) is 0 Å². The van der Waals surface area contributed by atoms with Gasteiger partial charge in [0, 0.05) is 6.04 Å². The molecule has 2 atom stereocenters. The summed E-state index contributed by atoms with van der Waals surface area (Å²) in [4.78, 5) is 0. The molecule has 0 bridgehead atoms. The van der Waals surface area contributed by atoms with Crippen LogP contribution in [0.4, 0.5) is 0 Å². The molecular weight excluding hydrogens is 194 g/mol. The van der Waals surface area contributed by atoms with Gasteiger partial charge in [-0.25, -0.2) is 0 Å². The van der Waals surface area contributed by atoms with Crippen LogP contribution in [0.3, 0.4) is 0 Å². The Hall–Kier alpha value is -0.820. The van der Waals surface area contributed by atoms with E-state index < -0.39 is 0 Å². The molecule has 1 aromatic rings. The molecule has 1 saturated heterocycles. The Kier molecular flexibility index (Phi) is 3.65. The molecule has 0 spiro atoms. The first kappa shape index (κ1) is 11.7. The molecule has 0 aromatic heterocycles. The van der Waals surface area contributed by atoms with E-state index in [-0.39, 0.29) is 0 Å². The van der Waals surface area contributed by atoms with Crippen molar-refractivity contribution in [3.05, 3.63) is 35.4 Å². The molecule has 0 amide bonds. The molecule has 1 fully saturated rings. The topological polar surface area (TPSA) is 12.0 Å². The molecule has 1 N–H and O–H groups in total. The van der Waals surface area contributed by atoms with Gasteiger partial charge >= 0.3 is 0 Å². The molecule has 16 heavy (non-hydrogen) atoms. The minimum absolute atomic E-state index is 0.586. The Morgan fingerprint density at radius 2 is 1.94 bits per heavy atom. The van der Waals surface area contributed by atoms with Crippen molar-refractivity contribution >= 4 is 0 Å². The Bertz CT molecular complexity index is 326. The summed E-state index contributed by atoms with van der Waals surface area (Å²) in [5.74, 6) is 1.57. The number of benzene rings is 1. The van der Waals surface area contributed by atoms with E-state index in [0.29, 0.717) is 6.04 Å². The number of rotatable bonds is 3. The third-order valence-electron chi connectivity index (χ3n) is 3.38. The Balaban J connectivity index is 2.02. The van der Waals surface area contributed by atoms with Gasteiger partial charge in [-0.15, -0.1) is 0 Å². The maximum absolute atomic E-state index is 3.58. The highest BCUT2D eigenvalue weighted by Gasteiger charge is 2.21. The highest BCUT2D eigenvalue weighted by atomic mass is 14.9. The molecule has 1 nitrogen and oxygen atoms in total. The van der Waals surface area contributed by atoms with Gasteiger partial charge in [-0.1, -0.05) is 45.0 Å². The van der Waals surface area contributed by atoms with Gasteiger partial charge in [0.2, 0.25) is 0 Å². The van der Waals surface area contributed by atoms with Crippen LogP contribution in [0.2, 0.25) is 0 Å². The highest BCUT2D eigenvalue weighted by molar-refractivity contribution is 5.26. The summed E-state index contributed by atoms with van der Waals surface area (Å²) in [5, 5.41) is 3.58. The predicted octanol–water partition coefficient (Wildman–Crippen LogP) is 3.56. The molecule has 1 aliphatic rings. The lowest BCUT2D eigenvalue weighted by Gasteiger charge is -2.12. The molecule has 88 valence electrons. The van der Waals surface area contributed by atoms with Gasteiger partial charge in [0.05, 0.1) is 0 Å². The fourth-order valence-electron chi connectivity index (χ4n) is 2.52.